The highest BCUT2D eigenvalue weighted by Crippen LogP contribution is 2.29. The molecule has 0 bridgehead atoms. The standard InChI is InChI=1S/C6H13F2N3/c1-6(2,5(7)8)4(9)3-11-10/h3,5,11H,9-10H2,1-2H3/b4-3-. The van der Waals surface area contributed by atoms with E-state index < -0.39 is 11.8 Å². The van der Waals surface area contributed by atoms with Crippen molar-refractivity contribution in [3.05, 3.63) is 11.9 Å². The zero-order valence-electron chi connectivity index (χ0n) is 6.57. The monoisotopic (exact) mass is 165 g/mol. The van der Waals surface area contributed by atoms with E-state index in [1.165, 1.54) is 13.8 Å². The van der Waals surface area contributed by atoms with Gasteiger partial charge in [0, 0.05) is 11.9 Å². The highest BCUT2D eigenvalue weighted by molar-refractivity contribution is 5.07. The molecule has 0 fully saturated rings. The van der Waals surface area contributed by atoms with Gasteiger partial charge in [-0.05, 0) is 13.8 Å². The lowest BCUT2D eigenvalue weighted by molar-refractivity contribution is 0.0425. The van der Waals surface area contributed by atoms with Gasteiger partial charge < -0.3 is 11.2 Å². The van der Waals surface area contributed by atoms with Crippen molar-refractivity contribution >= 4 is 0 Å². The van der Waals surface area contributed by atoms with Crippen molar-refractivity contribution in [2.75, 3.05) is 0 Å². The van der Waals surface area contributed by atoms with E-state index in [9.17, 15) is 8.78 Å². The van der Waals surface area contributed by atoms with E-state index in [0.29, 0.717) is 0 Å². The Morgan fingerprint density at radius 1 is 1.55 bits per heavy atom. The van der Waals surface area contributed by atoms with Crippen molar-refractivity contribution in [2.45, 2.75) is 20.3 Å². The lowest BCUT2D eigenvalue weighted by Gasteiger charge is -2.23. The molecule has 0 amide bonds. The molecule has 0 aromatic rings. The Bertz CT molecular complexity index is 154. The Morgan fingerprint density at radius 2 is 2.00 bits per heavy atom. The minimum absolute atomic E-state index is 0.0370. The zero-order chi connectivity index (χ0) is 9.07. The van der Waals surface area contributed by atoms with E-state index in [2.05, 4.69) is 5.43 Å². The molecule has 0 aliphatic heterocycles. The Kier molecular flexibility index (Phi) is 3.25. The van der Waals surface area contributed by atoms with Crippen LogP contribution in [-0.2, 0) is 0 Å². The lowest BCUT2D eigenvalue weighted by Crippen LogP contribution is -2.31. The zero-order valence-corrected chi connectivity index (χ0v) is 6.57. The maximum Gasteiger partial charge on any atom is 0.249 e. The van der Waals surface area contributed by atoms with Gasteiger partial charge in [0.1, 0.15) is 0 Å². The van der Waals surface area contributed by atoms with Crippen molar-refractivity contribution in [1.29, 1.82) is 0 Å². The molecule has 0 saturated carbocycles. The summed E-state index contributed by atoms with van der Waals surface area (Å²) in [5.41, 5.74) is 6.12. The van der Waals surface area contributed by atoms with Crippen molar-refractivity contribution in [1.82, 2.24) is 5.43 Å². The summed E-state index contributed by atoms with van der Waals surface area (Å²) in [6, 6.07) is 0. The molecule has 0 radical (unpaired) electrons. The Hall–Kier alpha value is -0.840. The first-order chi connectivity index (χ1) is 4.92. The van der Waals surface area contributed by atoms with E-state index in [4.69, 9.17) is 11.6 Å². The van der Waals surface area contributed by atoms with Crippen LogP contribution in [0.4, 0.5) is 8.78 Å². The molecular formula is C6H13F2N3. The minimum atomic E-state index is -2.49. The molecule has 0 aromatic heterocycles. The second kappa shape index (κ2) is 3.52. The Labute approximate surface area is 64.4 Å². The molecular weight excluding hydrogens is 152 g/mol. The first-order valence-electron chi connectivity index (χ1n) is 3.13. The predicted molar refractivity (Wildman–Crippen MR) is 39.4 cm³/mol. The summed E-state index contributed by atoms with van der Waals surface area (Å²) in [5.74, 6) is 4.87. The topological polar surface area (TPSA) is 64.1 Å². The van der Waals surface area contributed by atoms with Gasteiger partial charge in [0.2, 0.25) is 6.43 Å². The van der Waals surface area contributed by atoms with Gasteiger partial charge in [-0.15, -0.1) is 0 Å². The van der Waals surface area contributed by atoms with Gasteiger partial charge >= 0.3 is 0 Å². The smallest absolute Gasteiger partial charge is 0.249 e. The highest BCUT2D eigenvalue weighted by Gasteiger charge is 2.32. The van der Waals surface area contributed by atoms with E-state index >= 15 is 0 Å². The fourth-order valence-electron chi connectivity index (χ4n) is 0.402. The van der Waals surface area contributed by atoms with Crippen molar-refractivity contribution in [3.8, 4) is 0 Å². The van der Waals surface area contributed by atoms with Crippen molar-refractivity contribution in [3.63, 3.8) is 0 Å². The summed E-state index contributed by atoms with van der Waals surface area (Å²) < 4.78 is 24.4. The molecule has 0 unspecified atom stereocenters. The van der Waals surface area contributed by atoms with Gasteiger partial charge in [0.25, 0.3) is 0 Å². The maximum atomic E-state index is 12.2. The summed E-state index contributed by atoms with van der Waals surface area (Å²) in [5, 5.41) is 0. The van der Waals surface area contributed by atoms with Crippen LogP contribution < -0.4 is 17.0 Å². The quantitative estimate of drug-likeness (QED) is 0.422. The average molecular weight is 165 g/mol. The van der Waals surface area contributed by atoms with Crippen LogP contribution in [0, 0.1) is 5.41 Å². The minimum Gasteiger partial charge on any atom is -0.400 e. The molecule has 66 valence electrons. The second-order valence-corrected chi connectivity index (χ2v) is 2.79. The first kappa shape index (κ1) is 10.2. The number of nitrogens with one attached hydrogen (secondary N) is 1. The number of hydrogen-bond donors (Lipinski definition) is 3. The molecule has 0 rings (SSSR count). The molecule has 0 aromatic carbocycles. The summed E-state index contributed by atoms with van der Waals surface area (Å²) in [4.78, 5) is 0. The second-order valence-electron chi connectivity index (χ2n) is 2.79. The number of nitrogens with two attached hydrogens (primary N) is 2. The molecule has 0 aliphatic carbocycles. The number of rotatable bonds is 3. The number of alkyl halides is 2. The molecule has 3 nitrogen and oxygen atoms in total. The van der Waals surface area contributed by atoms with Crippen LogP contribution in [0.5, 0.6) is 0 Å². The predicted octanol–water partition coefficient (Wildman–Crippen LogP) is 0.541. The van der Waals surface area contributed by atoms with Crippen LogP contribution in [0.1, 0.15) is 13.8 Å². The molecule has 0 aliphatic rings. The van der Waals surface area contributed by atoms with Crippen LogP contribution in [0.2, 0.25) is 0 Å². The van der Waals surface area contributed by atoms with Gasteiger partial charge in [-0.3, -0.25) is 5.84 Å². The van der Waals surface area contributed by atoms with Gasteiger partial charge in [0.05, 0.1) is 5.41 Å². The van der Waals surface area contributed by atoms with Crippen LogP contribution in [-0.4, -0.2) is 6.43 Å². The number of hydrogen-bond acceptors (Lipinski definition) is 3. The highest BCUT2D eigenvalue weighted by atomic mass is 19.3. The lowest BCUT2D eigenvalue weighted by atomic mass is 9.91. The van der Waals surface area contributed by atoms with E-state index in [0.717, 1.165) is 6.20 Å². The third kappa shape index (κ3) is 2.34. The van der Waals surface area contributed by atoms with Crippen LogP contribution in [0.25, 0.3) is 0 Å². The molecule has 5 heteroatoms. The third-order valence-corrected chi connectivity index (χ3v) is 1.53. The van der Waals surface area contributed by atoms with E-state index in [-0.39, 0.29) is 5.70 Å². The maximum absolute atomic E-state index is 12.2. The summed E-state index contributed by atoms with van der Waals surface area (Å²) in [7, 11) is 0. The largest absolute Gasteiger partial charge is 0.400 e. The Balaban J connectivity index is 4.41. The van der Waals surface area contributed by atoms with Gasteiger partial charge in [-0.2, -0.15) is 0 Å². The fraction of sp³-hybridized carbons (Fsp3) is 0.667. The molecule has 5 N–H and O–H groups in total. The number of allylic oxidation sites excluding steroid dienone is 1. The summed E-state index contributed by atoms with van der Waals surface area (Å²) in [6.07, 6.45) is -1.33. The van der Waals surface area contributed by atoms with Gasteiger partial charge in [-0.1, -0.05) is 0 Å². The molecule has 0 heterocycles. The van der Waals surface area contributed by atoms with Crippen LogP contribution in [0.3, 0.4) is 0 Å². The van der Waals surface area contributed by atoms with Crippen molar-refractivity contribution in [2.24, 2.45) is 17.0 Å². The Morgan fingerprint density at radius 3 is 2.27 bits per heavy atom. The van der Waals surface area contributed by atoms with Crippen LogP contribution >= 0.6 is 0 Å². The first-order valence-corrected chi connectivity index (χ1v) is 3.13. The molecule has 0 spiro atoms. The molecule has 0 atom stereocenters. The summed E-state index contributed by atoms with van der Waals surface area (Å²) >= 11 is 0. The molecule has 11 heavy (non-hydrogen) atoms. The number of halogens is 2. The summed E-state index contributed by atoms with van der Waals surface area (Å²) in [6.45, 7) is 2.70. The van der Waals surface area contributed by atoms with Gasteiger partial charge in [0.15, 0.2) is 0 Å². The third-order valence-electron chi connectivity index (χ3n) is 1.53. The van der Waals surface area contributed by atoms with E-state index in [1.807, 2.05) is 0 Å². The van der Waals surface area contributed by atoms with E-state index in [1.54, 1.807) is 0 Å². The van der Waals surface area contributed by atoms with Gasteiger partial charge in [-0.25, -0.2) is 8.78 Å². The average Bonchev–Trinajstić information content (AvgIpc) is 1.88. The molecule has 0 saturated heterocycles. The normalized spacial score (nSPS) is 13.8. The number of hydrazine groups is 1. The van der Waals surface area contributed by atoms with Crippen LogP contribution in [0.15, 0.2) is 11.9 Å². The fourth-order valence-corrected chi connectivity index (χ4v) is 0.402. The SMILES string of the molecule is CC(C)(/C(N)=C/NN)C(F)F. The van der Waals surface area contributed by atoms with Crippen molar-refractivity contribution < 1.29 is 8.78 Å².